The topological polar surface area (TPSA) is 156 Å². The van der Waals surface area contributed by atoms with Gasteiger partial charge in [0.05, 0.1) is 31.7 Å². The zero-order valence-corrected chi connectivity index (χ0v) is 17.2. The lowest BCUT2D eigenvalue weighted by Gasteiger charge is -2.30. The van der Waals surface area contributed by atoms with Crippen molar-refractivity contribution in [2.75, 3.05) is 25.7 Å². The van der Waals surface area contributed by atoms with Crippen molar-refractivity contribution in [3.63, 3.8) is 0 Å². The number of fused-ring (bicyclic) bond motifs is 1. The third-order valence-electron chi connectivity index (χ3n) is 4.91. The van der Waals surface area contributed by atoms with E-state index >= 15 is 0 Å². The van der Waals surface area contributed by atoms with Crippen LogP contribution in [0.5, 0.6) is 0 Å². The Morgan fingerprint density at radius 3 is 2.42 bits per heavy atom. The van der Waals surface area contributed by atoms with Crippen molar-refractivity contribution < 1.29 is 19.1 Å². The van der Waals surface area contributed by atoms with Crippen LogP contribution >= 0.6 is 0 Å². The van der Waals surface area contributed by atoms with Crippen molar-refractivity contribution in [2.24, 2.45) is 0 Å². The Bertz CT molecular complexity index is 1150. The molecular weight excluding hydrogens is 400 g/mol. The van der Waals surface area contributed by atoms with Crippen LogP contribution in [0, 0.1) is 0 Å². The molecule has 0 aliphatic heterocycles. The first-order chi connectivity index (χ1) is 14.8. The highest BCUT2D eigenvalue weighted by atomic mass is 16.5. The number of allylic oxidation sites excluding steroid dienone is 1. The van der Waals surface area contributed by atoms with Crippen molar-refractivity contribution >= 4 is 34.9 Å². The van der Waals surface area contributed by atoms with Crippen LogP contribution in [-0.4, -0.2) is 46.1 Å². The van der Waals surface area contributed by atoms with Crippen LogP contribution in [0.1, 0.15) is 28.0 Å². The van der Waals surface area contributed by atoms with E-state index < -0.39 is 17.4 Å². The zero-order valence-electron chi connectivity index (χ0n) is 17.2. The number of hydrogen-bond acceptors (Lipinski definition) is 10. The minimum Gasteiger partial charge on any atom is -0.468 e. The predicted molar refractivity (Wildman–Crippen MR) is 114 cm³/mol. The molecule has 10 nitrogen and oxygen atoms in total. The van der Waals surface area contributed by atoms with Gasteiger partial charge in [-0.05, 0) is 24.1 Å². The van der Waals surface area contributed by atoms with E-state index in [0.29, 0.717) is 16.8 Å². The summed E-state index contributed by atoms with van der Waals surface area (Å²) in [6.45, 7) is 3.79. The van der Waals surface area contributed by atoms with Gasteiger partial charge in [0.15, 0.2) is 17.0 Å². The minimum atomic E-state index is -1.16. The molecule has 3 aromatic rings. The highest BCUT2D eigenvalue weighted by Gasteiger charge is 2.41. The largest absolute Gasteiger partial charge is 0.468 e. The van der Waals surface area contributed by atoms with E-state index in [-0.39, 0.29) is 35.8 Å². The Balaban J connectivity index is 2.11. The SMILES string of the molecule is C=CC[C@](Cc1cnc2nc(N)nc(N)c2n1)(C(=O)OC)c1ccc(C(=O)OC)cc1. The van der Waals surface area contributed by atoms with E-state index in [1.165, 1.54) is 20.4 Å². The molecule has 160 valence electrons. The predicted octanol–water partition coefficient (Wildman–Crippen LogP) is 1.60. The van der Waals surface area contributed by atoms with Crippen LogP contribution in [-0.2, 0) is 26.1 Å². The maximum atomic E-state index is 13.0. The summed E-state index contributed by atoms with van der Waals surface area (Å²) in [6, 6.07) is 6.53. The molecular formula is C21H22N6O4. The molecule has 0 amide bonds. The molecule has 0 fully saturated rings. The Morgan fingerprint density at radius 2 is 1.81 bits per heavy atom. The third-order valence-corrected chi connectivity index (χ3v) is 4.91. The Morgan fingerprint density at radius 1 is 1.10 bits per heavy atom. The standard InChI is InChI=1S/C21H22N6O4/c1-4-9-21(19(29)31-3,13-7-5-12(6-8-13)18(28)30-2)10-14-11-24-17-15(25-14)16(22)26-20(23)27-17/h4-8,11H,1,9-10H2,2-3H3,(H4,22,23,24,26,27)/t21-/m1/s1. The van der Waals surface area contributed by atoms with E-state index in [0.717, 1.165) is 0 Å². The van der Waals surface area contributed by atoms with Crippen LogP contribution in [0.3, 0.4) is 0 Å². The number of aromatic nitrogens is 4. The van der Waals surface area contributed by atoms with Crippen LogP contribution in [0.25, 0.3) is 11.2 Å². The summed E-state index contributed by atoms with van der Waals surface area (Å²) in [6.07, 6.45) is 3.51. The minimum absolute atomic E-state index is 0.00619. The van der Waals surface area contributed by atoms with Gasteiger partial charge in [0.25, 0.3) is 0 Å². The first-order valence-corrected chi connectivity index (χ1v) is 9.27. The normalized spacial score (nSPS) is 12.7. The lowest BCUT2D eigenvalue weighted by atomic mass is 9.73. The first-order valence-electron chi connectivity index (χ1n) is 9.27. The van der Waals surface area contributed by atoms with Crippen LogP contribution in [0.15, 0.2) is 43.1 Å². The summed E-state index contributed by atoms with van der Waals surface area (Å²) < 4.78 is 9.86. The smallest absolute Gasteiger partial charge is 0.337 e. The number of benzene rings is 1. The van der Waals surface area contributed by atoms with Gasteiger partial charge in [-0.25, -0.2) is 14.8 Å². The molecule has 0 aliphatic rings. The van der Waals surface area contributed by atoms with Gasteiger partial charge in [0.1, 0.15) is 5.41 Å². The molecule has 0 bridgehead atoms. The Labute approximate surface area is 178 Å². The molecule has 0 spiro atoms. The Hall–Kier alpha value is -4.08. The van der Waals surface area contributed by atoms with Gasteiger partial charge >= 0.3 is 11.9 Å². The second-order valence-corrected chi connectivity index (χ2v) is 6.81. The van der Waals surface area contributed by atoms with Crippen LogP contribution in [0.2, 0.25) is 0 Å². The van der Waals surface area contributed by atoms with E-state index in [9.17, 15) is 9.59 Å². The molecule has 0 saturated heterocycles. The van der Waals surface area contributed by atoms with Gasteiger partial charge in [0.2, 0.25) is 5.95 Å². The number of carbonyl (C=O) groups excluding carboxylic acids is 2. The van der Waals surface area contributed by atoms with Crippen LogP contribution < -0.4 is 11.5 Å². The molecule has 3 rings (SSSR count). The number of rotatable bonds is 7. The van der Waals surface area contributed by atoms with E-state index in [1.807, 2.05) is 0 Å². The number of methoxy groups -OCH3 is 2. The molecule has 0 unspecified atom stereocenters. The average Bonchev–Trinajstić information content (AvgIpc) is 2.78. The molecule has 1 aromatic carbocycles. The van der Waals surface area contributed by atoms with Crippen LogP contribution in [0.4, 0.5) is 11.8 Å². The van der Waals surface area contributed by atoms with Crippen molar-refractivity contribution in [3.05, 3.63) is 59.9 Å². The van der Waals surface area contributed by atoms with E-state index in [1.54, 1.807) is 30.3 Å². The third kappa shape index (κ3) is 4.13. The zero-order chi connectivity index (χ0) is 22.6. The Kier molecular flexibility index (Phi) is 6.10. The molecule has 0 saturated carbocycles. The lowest BCUT2D eigenvalue weighted by molar-refractivity contribution is -0.147. The molecule has 1 atom stereocenters. The van der Waals surface area contributed by atoms with Gasteiger partial charge in [-0.2, -0.15) is 9.97 Å². The monoisotopic (exact) mass is 422 g/mol. The fourth-order valence-corrected chi connectivity index (χ4v) is 3.43. The summed E-state index contributed by atoms with van der Waals surface area (Å²) in [5.41, 5.74) is 12.4. The second kappa shape index (κ2) is 8.74. The molecule has 10 heteroatoms. The summed E-state index contributed by atoms with van der Waals surface area (Å²) in [5, 5.41) is 0. The highest BCUT2D eigenvalue weighted by molar-refractivity contribution is 5.90. The number of anilines is 2. The quantitative estimate of drug-likeness (QED) is 0.423. The molecule has 4 N–H and O–H groups in total. The summed E-state index contributed by atoms with van der Waals surface area (Å²) in [7, 11) is 2.61. The summed E-state index contributed by atoms with van der Waals surface area (Å²) >= 11 is 0. The summed E-state index contributed by atoms with van der Waals surface area (Å²) in [5.74, 6) is -0.879. The first kappa shape index (κ1) is 21.6. The molecule has 0 aliphatic carbocycles. The number of hydrogen-bond donors (Lipinski definition) is 2. The van der Waals surface area contributed by atoms with Crippen molar-refractivity contribution in [2.45, 2.75) is 18.3 Å². The fraction of sp³-hybridized carbons (Fsp3) is 0.238. The fourth-order valence-electron chi connectivity index (χ4n) is 3.43. The molecule has 31 heavy (non-hydrogen) atoms. The second-order valence-electron chi connectivity index (χ2n) is 6.81. The number of nitrogens with zero attached hydrogens (tertiary/aromatic N) is 4. The number of ether oxygens (including phenoxy) is 2. The maximum Gasteiger partial charge on any atom is 0.337 e. The number of nitrogen functional groups attached to an aromatic ring is 2. The van der Waals surface area contributed by atoms with Gasteiger partial charge in [-0.3, -0.25) is 4.79 Å². The number of carbonyl (C=O) groups is 2. The lowest BCUT2D eigenvalue weighted by Crippen LogP contribution is -2.39. The van der Waals surface area contributed by atoms with Gasteiger partial charge in [0, 0.05) is 6.42 Å². The highest BCUT2D eigenvalue weighted by Crippen LogP contribution is 2.34. The molecule has 2 aromatic heterocycles. The molecule has 2 heterocycles. The van der Waals surface area contributed by atoms with Crippen molar-refractivity contribution in [1.29, 1.82) is 0 Å². The average molecular weight is 422 g/mol. The van der Waals surface area contributed by atoms with Gasteiger partial charge in [-0.1, -0.05) is 18.2 Å². The van der Waals surface area contributed by atoms with Gasteiger partial charge in [-0.15, -0.1) is 6.58 Å². The van der Waals surface area contributed by atoms with E-state index in [2.05, 4.69) is 26.5 Å². The number of esters is 2. The molecule has 0 radical (unpaired) electrons. The maximum absolute atomic E-state index is 13.0. The van der Waals surface area contributed by atoms with Crippen molar-refractivity contribution in [3.8, 4) is 0 Å². The van der Waals surface area contributed by atoms with E-state index in [4.69, 9.17) is 20.9 Å². The van der Waals surface area contributed by atoms with Gasteiger partial charge < -0.3 is 20.9 Å². The number of nitrogens with two attached hydrogens (primary N) is 2. The summed E-state index contributed by atoms with van der Waals surface area (Å²) in [4.78, 5) is 41.5. The van der Waals surface area contributed by atoms with Crippen molar-refractivity contribution in [1.82, 2.24) is 19.9 Å².